The molecule has 0 saturated carbocycles. The molecule has 0 saturated heterocycles. The molecule has 0 aliphatic rings. The van der Waals surface area contributed by atoms with Gasteiger partial charge in [0.1, 0.15) is 6.54 Å². The highest BCUT2D eigenvalue weighted by Gasteiger charge is 2.17. The minimum atomic E-state index is -0.509. The molecule has 0 bridgehead atoms. The van der Waals surface area contributed by atoms with E-state index < -0.39 is 5.91 Å². The van der Waals surface area contributed by atoms with Crippen LogP contribution in [0.5, 0.6) is 17.2 Å². The molecule has 2 aromatic carbocycles. The van der Waals surface area contributed by atoms with Crippen molar-refractivity contribution < 1.29 is 23.8 Å². The third-order valence-electron chi connectivity index (χ3n) is 4.24. The lowest BCUT2D eigenvalue weighted by Gasteiger charge is -2.14. The fourth-order valence-corrected chi connectivity index (χ4v) is 2.88. The van der Waals surface area contributed by atoms with E-state index in [2.05, 4.69) is 10.9 Å². The summed E-state index contributed by atoms with van der Waals surface area (Å²) >= 11 is 0. The molecule has 3 rings (SSSR count). The van der Waals surface area contributed by atoms with Crippen LogP contribution in [0.3, 0.4) is 0 Å². The molecule has 0 fully saturated rings. The number of carbonyl (C=O) groups is 2. The number of hydrogen-bond donors (Lipinski definition) is 2. The Morgan fingerprint density at radius 3 is 2.25 bits per heavy atom. The summed E-state index contributed by atoms with van der Waals surface area (Å²) in [6.45, 7) is 0.0725. The van der Waals surface area contributed by atoms with Crippen LogP contribution in [0.1, 0.15) is 10.4 Å². The highest BCUT2D eigenvalue weighted by Crippen LogP contribution is 2.38. The Morgan fingerprint density at radius 1 is 0.929 bits per heavy atom. The molecule has 1 aromatic heterocycles. The van der Waals surface area contributed by atoms with Crippen molar-refractivity contribution in [2.45, 2.75) is 6.54 Å². The maximum absolute atomic E-state index is 12.4. The second kappa shape index (κ2) is 8.34. The number of hydrogen-bond acceptors (Lipinski definition) is 5. The van der Waals surface area contributed by atoms with Crippen molar-refractivity contribution in [2.24, 2.45) is 0 Å². The molecule has 0 radical (unpaired) electrons. The summed E-state index contributed by atoms with van der Waals surface area (Å²) in [4.78, 5) is 24.6. The fraction of sp³-hybridized carbons (Fsp3) is 0.200. The van der Waals surface area contributed by atoms with Gasteiger partial charge in [-0.15, -0.1) is 0 Å². The second-order valence-corrected chi connectivity index (χ2v) is 5.92. The summed E-state index contributed by atoms with van der Waals surface area (Å²) in [6, 6.07) is 12.7. The molecule has 0 aliphatic carbocycles. The van der Waals surface area contributed by atoms with Gasteiger partial charge in [0.15, 0.2) is 11.5 Å². The monoisotopic (exact) mass is 383 g/mol. The van der Waals surface area contributed by atoms with Crippen LogP contribution >= 0.6 is 0 Å². The molecule has 8 heteroatoms. The number of methoxy groups -OCH3 is 3. The van der Waals surface area contributed by atoms with Crippen LogP contribution in [-0.4, -0.2) is 37.7 Å². The zero-order chi connectivity index (χ0) is 20.1. The Kier molecular flexibility index (Phi) is 5.69. The van der Waals surface area contributed by atoms with Gasteiger partial charge in [0.25, 0.3) is 11.8 Å². The van der Waals surface area contributed by atoms with Gasteiger partial charge in [-0.05, 0) is 29.7 Å². The molecule has 2 amide bonds. The van der Waals surface area contributed by atoms with E-state index in [0.29, 0.717) is 17.2 Å². The highest BCUT2D eigenvalue weighted by molar-refractivity contribution is 5.96. The fourth-order valence-electron chi connectivity index (χ4n) is 2.88. The molecule has 28 heavy (non-hydrogen) atoms. The quantitative estimate of drug-likeness (QED) is 0.637. The van der Waals surface area contributed by atoms with E-state index in [1.165, 1.54) is 33.5 Å². The van der Waals surface area contributed by atoms with Crippen LogP contribution in [0.4, 0.5) is 0 Å². The molecular formula is C20H21N3O5. The van der Waals surface area contributed by atoms with Crippen molar-refractivity contribution >= 4 is 22.7 Å². The SMILES string of the molecule is COc1cc(C(=O)NNC(=O)Cn2ccc3ccccc32)cc(OC)c1OC. The lowest BCUT2D eigenvalue weighted by molar-refractivity contribution is -0.122. The molecule has 3 aromatic rings. The van der Waals surface area contributed by atoms with Crippen LogP contribution in [0, 0.1) is 0 Å². The Balaban J connectivity index is 1.67. The number of amides is 2. The van der Waals surface area contributed by atoms with Crippen LogP contribution < -0.4 is 25.1 Å². The van der Waals surface area contributed by atoms with E-state index in [-0.39, 0.29) is 18.0 Å². The van der Waals surface area contributed by atoms with Gasteiger partial charge in [-0.1, -0.05) is 18.2 Å². The van der Waals surface area contributed by atoms with E-state index in [1.54, 1.807) is 4.57 Å². The van der Waals surface area contributed by atoms with Gasteiger partial charge in [-0.2, -0.15) is 0 Å². The predicted octanol–water partition coefficient (Wildman–Crippen LogP) is 2.13. The lowest BCUT2D eigenvalue weighted by atomic mass is 10.1. The standard InChI is InChI=1S/C20H21N3O5/c1-26-16-10-14(11-17(27-2)19(16)28-3)20(25)22-21-18(24)12-23-9-8-13-6-4-5-7-15(13)23/h4-11H,12H2,1-3H3,(H,21,24)(H,22,25). The second-order valence-electron chi connectivity index (χ2n) is 5.92. The largest absolute Gasteiger partial charge is 0.493 e. The average Bonchev–Trinajstić information content (AvgIpc) is 3.13. The maximum Gasteiger partial charge on any atom is 0.269 e. The molecule has 1 heterocycles. The summed E-state index contributed by atoms with van der Waals surface area (Å²) in [5.74, 6) is 0.200. The van der Waals surface area contributed by atoms with E-state index in [9.17, 15) is 9.59 Å². The molecular weight excluding hydrogens is 362 g/mol. The maximum atomic E-state index is 12.4. The zero-order valence-corrected chi connectivity index (χ0v) is 15.8. The predicted molar refractivity (Wildman–Crippen MR) is 104 cm³/mol. The van der Waals surface area contributed by atoms with Crippen LogP contribution in [-0.2, 0) is 11.3 Å². The minimum absolute atomic E-state index is 0.0725. The van der Waals surface area contributed by atoms with Crippen molar-refractivity contribution in [3.8, 4) is 17.2 Å². The number of ether oxygens (including phenoxy) is 3. The Labute approximate surface area is 162 Å². The summed E-state index contributed by atoms with van der Waals surface area (Å²) in [6.07, 6.45) is 1.82. The number of nitrogens with zero attached hydrogens (tertiary/aromatic N) is 1. The molecule has 2 N–H and O–H groups in total. The summed E-state index contributed by atoms with van der Waals surface area (Å²) < 4.78 is 17.5. The molecule has 146 valence electrons. The smallest absolute Gasteiger partial charge is 0.269 e. The summed E-state index contributed by atoms with van der Waals surface area (Å²) in [5.41, 5.74) is 6.00. The summed E-state index contributed by atoms with van der Waals surface area (Å²) in [5, 5.41) is 1.04. The van der Waals surface area contributed by atoms with Gasteiger partial charge in [0, 0.05) is 17.3 Å². The van der Waals surface area contributed by atoms with Gasteiger partial charge >= 0.3 is 0 Å². The number of carbonyl (C=O) groups excluding carboxylic acids is 2. The first-order chi connectivity index (χ1) is 13.6. The minimum Gasteiger partial charge on any atom is -0.493 e. The highest BCUT2D eigenvalue weighted by atomic mass is 16.5. The van der Waals surface area contributed by atoms with E-state index in [0.717, 1.165) is 10.9 Å². The molecule has 0 aliphatic heterocycles. The van der Waals surface area contributed by atoms with Gasteiger partial charge in [0.2, 0.25) is 5.75 Å². The number of para-hydroxylation sites is 1. The first-order valence-electron chi connectivity index (χ1n) is 8.50. The van der Waals surface area contributed by atoms with E-state index >= 15 is 0 Å². The van der Waals surface area contributed by atoms with Crippen molar-refractivity contribution in [3.05, 3.63) is 54.2 Å². The van der Waals surface area contributed by atoms with Crippen molar-refractivity contribution in [1.82, 2.24) is 15.4 Å². The third-order valence-corrected chi connectivity index (χ3v) is 4.24. The molecule has 0 spiro atoms. The Hall–Kier alpha value is -3.68. The number of rotatable bonds is 6. The van der Waals surface area contributed by atoms with Crippen molar-refractivity contribution in [1.29, 1.82) is 0 Å². The average molecular weight is 383 g/mol. The normalized spacial score (nSPS) is 10.4. The van der Waals surface area contributed by atoms with Crippen molar-refractivity contribution in [3.63, 3.8) is 0 Å². The third kappa shape index (κ3) is 3.85. The van der Waals surface area contributed by atoms with Crippen LogP contribution in [0.15, 0.2) is 48.7 Å². The molecule has 8 nitrogen and oxygen atoms in total. The van der Waals surface area contributed by atoms with E-state index in [4.69, 9.17) is 14.2 Å². The number of nitrogens with one attached hydrogen (secondary N) is 2. The van der Waals surface area contributed by atoms with Gasteiger partial charge < -0.3 is 18.8 Å². The number of benzene rings is 2. The first kappa shape index (κ1) is 19.1. The van der Waals surface area contributed by atoms with Crippen LogP contribution in [0.25, 0.3) is 10.9 Å². The Morgan fingerprint density at radius 2 is 1.61 bits per heavy atom. The number of hydrazine groups is 1. The zero-order valence-electron chi connectivity index (χ0n) is 15.8. The molecule has 0 atom stereocenters. The van der Waals surface area contributed by atoms with Gasteiger partial charge in [0.05, 0.1) is 21.3 Å². The summed E-state index contributed by atoms with van der Waals surface area (Å²) in [7, 11) is 4.40. The lowest BCUT2D eigenvalue weighted by Crippen LogP contribution is -2.43. The van der Waals surface area contributed by atoms with Crippen LogP contribution in [0.2, 0.25) is 0 Å². The number of aromatic nitrogens is 1. The number of fused-ring (bicyclic) bond motifs is 1. The topological polar surface area (TPSA) is 90.8 Å². The van der Waals surface area contributed by atoms with E-state index in [1.807, 2.05) is 36.5 Å². The van der Waals surface area contributed by atoms with Gasteiger partial charge in [-0.3, -0.25) is 20.4 Å². The van der Waals surface area contributed by atoms with Gasteiger partial charge in [-0.25, -0.2) is 0 Å². The molecule has 0 unspecified atom stereocenters. The first-order valence-corrected chi connectivity index (χ1v) is 8.50. The Bertz CT molecular complexity index is 987. The van der Waals surface area contributed by atoms with Crippen molar-refractivity contribution in [2.75, 3.05) is 21.3 Å².